The number of pyridine rings is 1. The van der Waals surface area contributed by atoms with E-state index in [0.29, 0.717) is 53.8 Å². The predicted molar refractivity (Wildman–Crippen MR) is 146 cm³/mol. The second-order valence-electron chi connectivity index (χ2n) is 8.73. The van der Waals surface area contributed by atoms with Gasteiger partial charge in [-0.15, -0.1) is 0 Å². The van der Waals surface area contributed by atoms with Gasteiger partial charge in [-0.1, -0.05) is 24.3 Å². The number of rotatable bonds is 7. The molecule has 1 aliphatic rings. The van der Waals surface area contributed by atoms with Gasteiger partial charge in [-0.25, -0.2) is 4.79 Å². The maximum atomic E-state index is 13.0. The van der Waals surface area contributed by atoms with Crippen LogP contribution in [0.4, 0.5) is 21.9 Å². The molecule has 3 amide bonds. The number of hydrogen-bond donors (Lipinski definition) is 4. The van der Waals surface area contributed by atoms with E-state index in [9.17, 15) is 9.59 Å². The molecule has 9 nitrogen and oxygen atoms in total. The predicted octanol–water partition coefficient (Wildman–Crippen LogP) is 4.79. The number of ether oxygens (including phenoxy) is 2. The summed E-state index contributed by atoms with van der Waals surface area (Å²) in [5.41, 5.74) is 9.89. The molecule has 4 aromatic rings. The number of nitrogens with zero attached hydrogens (tertiary/aromatic N) is 1. The molecule has 5 N–H and O–H groups in total. The van der Waals surface area contributed by atoms with Crippen LogP contribution in [-0.4, -0.2) is 30.1 Å². The third kappa shape index (κ3) is 6.01. The van der Waals surface area contributed by atoms with Crippen molar-refractivity contribution in [1.82, 2.24) is 10.3 Å². The number of carbonyl (C=O) groups is 2. The standard InChI is InChI=1S/C29H27N5O4/c30-23-3-1-2-4-24(23)33-28(35)21-7-5-20(6-8-21)25(17-19-11-13-31-14-12-19)34-29(36)32-22-9-10-26-27(18-22)38-16-15-37-26/h1-14,18,25H,15-17,30H2,(H,33,35)(H2,32,34,36). The molecule has 1 atom stereocenters. The maximum Gasteiger partial charge on any atom is 0.319 e. The zero-order valence-corrected chi connectivity index (χ0v) is 20.5. The Morgan fingerprint density at radius 3 is 2.37 bits per heavy atom. The van der Waals surface area contributed by atoms with Crippen molar-refractivity contribution in [3.8, 4) is 11.5 Å². The molecule has 0 bridgehead atoms. The highest BCUT2D eigenvalue weighted by molar-refractivity contribution is 6.05. The van der Waals surface area contributed by atoms with Crippen LogP contribution in [0.2, 0.25) is 0 Å². The molecule has 9 heteroatoms. The van der Waals surface area contributed by atoms with Crippen LogP contribution < -0.4 is 31.2 Å². The number of anilines is 3. The smallest absolute Gasteiger partial charge is 0.319 e. The third-order valence-corrected chi connectivity index (χ3v) is 6.08. The molecule has 2 heterocycles. The van der Waals surface area contributed by atoms with Gasteiger partial charge in [0, 0.05) is 29.7 Å². The molecular weight excluding hydrogens is 482 g/mol. The van der Waals surface area contributed by atoms with E-state index >= 15 is 0 Å². The van der Waals surface area contributed by atoms with E-state index in [4.69, 9.17) is 15.2 Å². The van der Waals surface area contributed by atoms with E-state index in [0.717, 1.165) is 11.1 Å². The molecule has 192 valence electrons. The first-order valence-corrected chi connectivity index (χ1v) is 12.2. The molecule has 5 rings (SSSR count). The van der Waals surface area contributed by atoms with E-state index in [1.807, 2.05) is 24.3 Å². The Hall–Kier alpha value is -5.05. The molecule has 0 aliphatic carbocycles. The van der Waals surface area contributed by atoms with Crippen molar-refractivity contribution in [3.05, 3.63) is 108 Å². The Morgan fingerprint density at radius 2 is 1.61 bits per heavy atom. The average Bonchev–Trinajstić information content (AvgIpc) is 2.94. The molecule has 3 aromatic carbocycles. The van der Waals surface area contributed by atoms with Gasteiger partial charge in [0.1, 0.15) is 13.2 Å². The van der Waals surface area contributed by atoms with Crippen LogP contribution in [0, 0.1) is 0 Å². The average molecular weight is 510 g/mol. The minimum absolute atomic E-state index is 0.274. The molecule has 38 heavy (non-hydrogen) atoms. The van der Waals surface area contributed by atoms with Crippen LogP contribution in [0.25, 0.3) is 0 Å². The van der Waals surface area contributed by atoms with Gasteiger partial charge in [-0.3, -0.25) is 9.78 Å². The zero-order valence-electron chi connectivity index (χ0n) is 20.5. The lowest BCUT2D eigenvalue weighted by Gasteiger charge is -2.21. The summed E-state index contributed by atoms with van der Waals surface area (Å²) in [6.45, 7) is 0.959. The summed E-state index contributed by atoms with van der Waals surface area (Å²) < 4.78 is 11.2. The van der Waals surface area contributed by atoms with Crippen molar-refractivity contribution in [2.45, 2.75) is 12.5 Å². The lowest BCUT2D eigenvalue weighted by molar-refractivity contribution is 0.102. The summed E-state index contributed by atoms with van der Waals surface area (Å²) in [5, 5.41) is 8.74. The highest BCUT2D eigenvalue weighted by Gasteiger charge is 2.18. The summed E-state index contributed by atoms with van der Waals surface area (Å²) in [5.74, 6) is 0.967. The Kier molecular flexibility index (Phi) is 7.35. The number of aromatic nitrogens is 1. The first kappa shape index (κ1) is 24.6. The minimum atomic E-state index is -0.373. The van der Waals surface area contributed by atoms with Gasteiger partial charge in [0.15, 0.2) is 11.5 Å². The lowest BCUT2D eigenvalue weighted by atomic mass is 9.98. The fraction of sp³-hybridized carbons (Fsp3) is 0.138. The van der Waals surface area contributed by atoms with E-state index < -0.39 is 0 Å². The van der Waals surface area contributed by atoms with E-state index in [2.05, 4.69) is 20.9 Å². The maximum absolute atomic E-state index is 13.0. The van der Waals surface area contributed by atoms with Crippen LogP contribution in [0.3, 0.4) is 0 Å². The van der Waals surface area contributed by atoms with E-state index in [1.165, 1.54) is 0 Å². The summed E-state index contributed by atoms with van der Waals surface area (Å²) in [6.07, 6.45) is 3.96. The molecule has 0 saturated carbocycles. The van der Waals surface area contributed by atoms with Gasteiger partial charge in [0.25, 0.3) is 5.91 Å². The monoisotopic (exact) mass is 509 g/mol. The minimum Gasteiger partial charge on any atom is -0.486 e. The van der Waals surface area contributed by atoms with Crippen molar-refractivity contribution < 1.29 is 19.1 Å². The Balaban J connectivity index is 1.31. The van der Waals surface area contributed by atoms with Crippen molar-refractivity contribution in [2.24, 2.45) is 0 Å². The van der Waals surface area contributed by atoms with Crippen LogP contribution in [0.15, 0.2) is 91.3 Å². The Morgan fingerprint density at radius 1 is 0.868 bits per heavy atom. The van der Waals surface area contributed by atoms with Crippen molar-refractivity contribution >= 4 is 29.0 Å². The molecule has 1 unspecified atom stereocenters. The SMILES string of the molecule is Nc1ccccc1NC(=O)c1ccc(C(Cc2ccncc2)NC(=O)Nc2ccc3c(c2)OCCO3)cc1. The van der Waals surface area contributed by atoms with Crippen molar-refractivity contribution in [2.75, 3.05) is 29.6 Å². The molecule has 1 aliphatic heterocycles. The summed E-state index contributed by atoms with van der Waals surface area (Å²) in [4.78, 5) is 29.8. The lowest BCUT2D eigenvalue weighted by Crippen LogP contribution is -2.33. The van der Waals surface area contributed by atoms with Gasteiger partial charge in [-0.2, -0.15) is 0 Å². The highest BCUT2D eigenvalue weighted by atomic mass is 16.6. The number of urea groups is 1. The van der Waals surface area contributed by atoms with Gasteiger partial charge >= 0.3 is 6.03 Å². The first-order valence-electron chi connectivity index (χ1n) is 12.2. The van der Waals surface area contributed by atoms with Gasteiger partial charge in [0.05, 0.1) is 17.4 Å². The second kappa shape index (κ2) is 11.3. The second-order valence-corrected chi connectivity index (χ2v) is 8.73. The third-order valence-electron chi connectivity index (χ3n) is 6.08. The topological polar surface area (TPSA) is 128 Å². The quantitative estimate of drug-likeness (QED) is 0.265. The number of nitrogen functional groups attached to an aromatic ring is 1. The number of nitrogens with one attached hydrogen (secondary N) is 3. The Bertz CT molecular complexity index is 1430. The van der Waals surface area contributed by atoms with Gasteiger partial charge in [-0.05, 0) is 66.1 Å². The largest absolute Gasteiger partial charge is 0.486 e. The van der Waals surface area contributed by atoms with Crippen LogP contribution in [0.5, 0.6) is 11.5 Å². The van der Waals surface area contributed by atoms with Crippen molar-refractivity contribution in [3.63, 3.8) is 0 Å². The summed E-state index contributed by atoms with van der Waals surface area (Å²) in [7, 11) is 0. The van der Waals surface area contributed by atoms with Crippen LogP contribution in [-0.2, 0) is 6.42 Å². The Labute approximate surface area is 220 Å². The van der Waals surface area contributed by atoms with Gasteiger partial charge in [0.2, 0.25) is 0 Å². The van der Waals surface area contributed by atoms with Crippen LogP contribution >= 0.6 is 0 Å². The number of nitrogens with two attached hydrogens (primary N) is 1. The molecule has 0 saturated heterocycles. The summed E-state index contributed by atoms with van der Waals surface area (Å²) >= 11 is 0. The molecule has 0 spiro atoms. The normalized spacial score (nSPS) is 12.7. The first-order chi connectivity index (χ1) is 18.5. The molecule has 0 radical (unpaired) electrons. The number of para-hydroxylation sites is 2. The number of amides is 3. The number of fused-ring (bicyclic) bond motifs is 1. The summed E-state index contributed by atoms with van der Waals surface area (Å²) in [6, 6.07) is 22.5. The van der Waals surface area contributed by atoms with Gasteiger partial charge < -0.3 is 31.2 Å². The molecular formula is C29H27N5O4. The number of carbonyl (C=O) groups excluding carboxylic acids is 2. The zero-order chi connectivity index (χ0) is 26.3. The molecule has 1 aromatic heterocycles. The number of hydrogen-bond acceptors (Lipinski definition) is 6. The fourth-order valence-electron chi connectivity index (χ4n) is 4.13. The van der Waals surface area contributed by atoms with E-state index in [-0.39, 0.29) is 18.0 Å². The van der Waals surface area contributed by atoms with E-state index in [1.54, 1.807) is 67.0 Å². The van der Waals surface area contributed by atoms with Crippen LogP contribution in [0.1, 0.15) is 27.5 Å². The highest BCUT2D eigenvalue weighted by Crippen LogP contribution is 2.32. The molecule has 0 fully saturated rings. The number of benzene rings is 3. The van der Waals surface area contributed by atoms with Crippen molar-refractivity contribution in [1.29, 1.82) is 0 Å². The fourth-order valence-corrected chi connectivity index (χ4v) is 4.13.